The fraction of sp³-hybridized carbons (Fsp3) is 0.385. The molecule has 0 unspecified atom stereocenters. The molecule has 18 heavy (non-hydrogen) atoms. The molecule has 1 heterocycles. The average Bonchev–Trinajstić information content (AvgIpc) is 2.32. The first-order chi connectivity index (χ1) is 8.41. The number of nitrogens with zero attached hydrogens (tertiary/aromatic N) is 1. The molecule has 1 fully saturated rings. The minimum Gasteiger partial charge on any atom is -0.345 e. The van der Waals surface area contributed by atoms with Crippen molar-refractivity contribution in [3.63, 3.8) is 0 Å². The van der Waals surface area contributed by atoms with Crippen LogP contribution in [0.3, 0.4) is 0 Å². The zero-order valence-corrected chi connectivity index (χ0v) is 10.4. The highest BCUT2D eigenvalue weighted by Crippen LogP contribution is 2.21. The molecule has 2 amide bonds. The lowest BCUT2D eigenvalue weighted by molar-refractivity contribution is -0.152. The maximum Gasteiger partial charge on any atom is 0.245 e. The van der Waals surface area contributed by atoms with Crippen molar-refractivity contribution in [2.75, 3.05) is 6.54 Å². The van der Waals surface area contributed by atoms with Crippen LogP contribution >= 0.6 is 0 Å². The maximum absolute atomic E-state index is 12.8. The van der Waals surface area contributed by atoms with Crippen molar-refractivity contribution in [2.45, 2.75) is 25.9 Å². The van der Waals surface area contributed by atoms with E-state index in [-0.39, 0.29) is 24.2 Å². The van der Waals surface area contributed by atoms with Crippen molar-refractivity contribution in [1.29, 1.82) is 0 Å². The Kier molecular flexibility index (Phi) is 3.07. The van der Waals surface area contributed by atoms with E-state index in [1.165, 1.54) is 17.0 Å². The summed E-state index contributed by atoms with van der Waals surface area (Å²) in [6.07, 6.45) is 0. The fourth-order valence-corrected chi connectivity index (χ4v) is 1.96. The number of carbonyl (C=O) groups excluding carboxylic acids is 2. The van der Waals surface area contributed by atoms with Gasteiger partial charge in [0, 0.05) is 6.54 Å². The zero-order chi connectivity index (χ0) is 13.3. The van der Waals surface area contributed by atoms with Crippen molar-refractivity contribution in [1.82, 2.24) is 10.2 Å². The average molecular weight is 250 g/mol. The Morgan fingerprint density at radius 1 is 1.28 bits per heavy atom. The van der Waals surface area contributed by atoms with Crippen LogP contribution in [0.2, 0.25) is 0 Å². The number of hydrogen-bond acceptors (Lipinski definition) is 2. The molecule has 1 aliphatic rings. The molecule has 0 aliphatic carbocycles. The highest BCUT2D eigenvalue weighted by atomic mass is 19.1. The first kappa shape index (κ1) is 12.5. The third-order valence-corrected chi connectivity index (χ3v) is 3.19. The van der Waals surface area contributed by atoms with E-state index < -0.39 is 5.54 Å². The second-order valence-corrected chi connectivity index (χ2v) is 4.85. The van der Waals surface area contributed by atoms with Crippen molar-refractivity contribution < 1.29 is 14.0 Å². The number of hydrogen-bond donors (Lipinski definition) is 1. The van der Waals surface area contributed by atoms with Crippen LogP contribution in [0.4, 0.5) is 4.39 Å². The quantitative estimate of drug-likeness (QED) is 0.853. The van der Waals surface area contributed by atoms with Gasteiger partial charge >= 0.3 is 0 Å². The summed E-state index contributed by atoms with van der Waals surface area (Å²) in [7, 11) is 0. The number of carbonyl (C=O) groups is 2. The Morgan fingerprint density at radius 3 is 2.50 bits per heavy atom. The van der Waals surface area contributed by atoms with Crippen LogP contribution in [0.15, 0.2) is 24.3 Å². The van der Waals surface area contributed by atoms with E-state index in [2.05, 4.69) is 5.32 Å². The van der Waals surface area contributed by atoms with Gasteiger partial charge in [-0.3, -0.25) is 9.59 Å². The normalized spacial score (nSPS) is 18.7. The van der Waals surface area contributed by atoms with E-state index in [0.717, 1.165) is 5.56 Å². The number of benzene rings is 1. The molecule has 1 aromatic carbocycles. The van der Waals surface area contributed by atoms with Gasteiger partial charge in [0.25, 0.3) is 0 Å². The Balaban J connectivity index is 2.22. The molecule has 0 radical (unpaired) electrons. The third kappa shape index (κ3) is 2.20. The Bertz CT molecular complexity index is 482. The Hall–Kier alpha value is -1.91. The van der Waals surface area contributed by atoms with E-state index in [4.69, 9.17) is 0 Å². The van der Waals surface area contributed by atoms with Crippen molar-refractivity contribution >= 4 is 11.8 Å². The van der Waals surface area contributed by atoms with Gasteiger partial charge in [0.1, 0.15) is 11.4 Å². The summed E-state index contributed by atoms with van der Waals surface area (Å²) in [5.74, 6) is -0.631. The number of halogens is 1. The SMILES string of the molecule is CC1(C)C(=O)NCC(=O)N1Cc1ccc(F)cc1. The lowest BCUT2D eigenvalue weighted by atomic mass is 9.97. The molecule has 2 rings (SSSR count). The van der Waals surface area contributed by atoms with Gasteiger partial charge in [-0.2, -0.15) is 0 Å². The zero-order valence-electron chi connectivity index (χ0n) is 10.4. The van der Waals surface area contributed by atoms with Crippen LogP contribution in [0, 0.1) is 5.82 Å². The molecule has 1 N–H and O–H groups in total. The van der Waals surface area contributed by atoms with Crippen LogP contribution in [0.25, 0.3) is 0 Å². The largest absolute Gasteiger partial charge is 0.345 e. The first-order valence-corrected chi connectivity index (χ1v) is 5.74. The summed E-state index contributed by atoms with van der Waals surface area (Å²) in [4.78, 5) is 25.1. The Labute approximate surface area is 105 Å². The molecular formula is C13H15FN2O2. The van der Waals surface area contributed by atoms with Crippen LogP contribution in [0.1, 0.15) is 19.4 Å². The van der Waals surface area contributed by atoms with Crippen molar-refractivity contribution in [3.05, 3.63) is 35.6 Å². The molecule has 4 nitrogen and oxygen atoms in total. The summed E-state index contributed by atoms with van der Waals surface area (Å²) in [5.41, 5.74) is -0.0866. The molecule has 96 valence electrons. The van der Waals surface area contributed by atoms with Gasteiger partial charge < -0.3 is 10.2 Å². The minimum absolute atomic E-state index is 0.0173. The van der Waals surface area contributed by atoms with Gasteiger partial charge in [-0.1, -0.05) is 12.1 Å². The summed E-state index contributed by atoms with van der Waals surface area (Å²) >= 11 is 0. The molecule has 0 bridgehead atoms. The predicted octanol–water partition coefficient (Wildman–Crippen LogP) is 1.06. The highest BCUT2D eigenvalue weighted by molar-refractivity contribution is 5.97. The van der Waals surface area contributed by atoms with Crippen LogP contribution in [0.5, 0.6) is 0 Å². The minimum atomic E-state index is -0.885. The van der Waals surface area contributed by atoms with Crippen LogP contribution in [-0.2, 0) is 16.1 Å². The lowest BCUT2D eigenvalue weighted by Crippen LogP contribution is -2.63. The van der Waals surface area contributed by atoms with Gasteiger partial charge in [-0.25, -0.2) is 4.39 Å². The van der Waals surface area contributed by atoms with E-state index in [9.17, 15) is 14.0 Å². The van der Waals surface area contributed by atoms with Gasteiger partial charge in [0.05, 0.1) is 6.54 Å². The summed E-state index contributed by atoms with van der Waals surface area (Å²) < 4.78 is 12.8. The van der Waals surface area contributed by atoms with Crippen molar-refractivity contribution in [2.24, 2.45) is 0 Å². The van der Waals surface area contributed by atoms with E-state index in [1.54, 1.807) is 26.0 Å². The van der Waals surface area contributed by atoms with Crippen LogP contribution < -0.4 is 5.32 Å². The standard InChI is InChI=1S/C13H15FN2O2/c1-13(2)12(18)15-7-11(17)16(13)8-9-3-5-10(14)6-4-9/h3-6H,7-8H2,1-2H3,(H,15,18). The van der Waals surface area contributed by atoms with Crippen LogP contribution in [-0.4, -0.2) is 28.8 Å². The molecule has 1 aliphatic heterocycles. The van der Waals surface area contributed by atoms with Gasteiger partial charge in [0.15, 0.2) is 0 Å². The summed E-state index contributed by atoms with van der Waals surface area (Å²) in [5, 5.41) is 2.56. The number of piperazine rings is 1. The number of amides is 2. The maximum atomic E-state index is 12.8. The molecule has 1 saturated heterocycles. The molecule has 0 aromatic heterocycles. The topological polar surface area (TPSA) is 49.4 Å². The number of rotatable bonds is 2. The second-order valence-electron chi connectivity index (χ2n) is 4.85. The fourth-order valence-electron chi connectivity index (χ4n) is 1.96. The predicted molar refractivity (Wildman–Crippen MR) is 64.0 cm³/mol. The van der Waals surface area contributed by atoms with Gasteiger partial charge in [-0.15, -0.1) is 0 Å². The highest BCUT2D eigenvalue weighted by Gasteiger charge is 2.41. The van der Waals surface area contributed by atoms with E-state index in [0.29, 0.717) is 6.54 Å². The molecular weight excluding hydrogens is 235 g/mol. The van der Waals surface area contributed by atoms with Crippen molar-refractivity contribution in [3.8, 4) is 0 Å². The van der Waals surface area contributed by atoms with E-state index in [1.807, 2.05) is 0 Å². The monoisotopic (exact) mass is 250 g/mol. The van der Waals surface area contributed by atoms with Gasteiger partial charge in [0.2, 0.25) is 11.8 Å². The molecule has 1 aromatic rings. The molecule has 0 atom stereocenters. The summed E-state index contributed by atoms with van der Waals surface area (Å²) in [6.45, 7) is 3.72. The molecule has 0 spiro atoms. The smallest absolute Gasteiger partial charge is 0.245 e. The summed E-state index contributed by atoms with van der Waals surface area (Å²) in [6, 6.07) is 5.92. The molecule has 0 saturated carbocycles. The lowest BCUT2D eigenvalue weighted by Gasteiger charge is -2.41. The number of nitrogens with one attached hydrogen (secondary N) is 1. The van der Waals surface area contributed by atoms with Gasteiger partial charge in [-0.05, 0) is 31.5 Å². The molecule has 5 heteroatoms. The second kappa shape index (κ2) is 4.40. The first-order valence-electron chi connectivity index (χ1n) is 5.74. The Morgan fingerprint density at radius 2 is 1.89 bits per heavy atom. The van der Waals surface area contributed by atoms with E-state index >= 15 is 0 Å². The third-order valence-electron chi connectivity index (χ3n) is 3.19.